The molecule has 1 aliphatic heterocycles. The van der Waals surface area contributed by atoms with Crippen molar-refractivity contribution >= 4 is 11.8 Å². The minimum absolute atomic E-state index is 0.472. The SMILES string of the molecule is NNC1CCN(Cl)CC1. The molecule has 0 aromatic carbocycles. The molecule has 54 valence electrons. The Labute approximate surface area is 60.2 Å². The number of nitrogens with one attached hydrogen (secondary N) is 1. The summed E-state index contributed by atoms with van der Waals surface area (Å²) in [6.45, 7) is 1.88. The topological polar surface area (TPSA) is 41.3 Å². The van der Waals surface area contributed by atoms with Gasteiger partial charge in [-0.1, -0.05) is 0 Å². The van der Waals surface area contributed by atoms with Crippen LogP contribution in [0.1, 0.15) is 12.8 Å². The Hall–Kier alpha value is 0.170. The standard InChI is InChI=1S/C5H12ClN3/c6-9-3-1-5(8-7)2-4-9/h5,8H,1-4,7H2. The number of rotatable bonds is 1. The van der Waals surface area contributed by atoms with Crippen LogP contribution in [0.3, 0.4) is 0 Å². The molecule has 9 heavy (non-hydrogen) atoms. The minimum atomic E-state index is 0.472. The normalized spacial score (nSPS) is 24.7. The van der Waals surface area contributed by atoms with E-state index in [-0.39, 0.29) is 0 Å². The highest BCUT2D eigenvalue weighted by atomic mass is 35.5. The summed E-state index contributed by atoms with van der Waals surface area (Å²) in [6.07, 6.45) is 2.11. The highest BCUT2D eigenvalue weighted by Gasteiger charge is 2.15. The summed E-state index contributed by atoms with van der Waals surface area (Å²) in [4.78, 5) is 0. The number of halogens is 1. The Morgan fingerprint density at radius 2 is 2.00 bits per heavy atom. The average Bonchev–Trinajstić information content (AvgIpc) is 1.90. The predicted octanol–water partition coefficient (Wildman–Crippen LogP) is 0.0679. The lowest BCUT2D eigenvalue weighted by atomic mass is 10.1. The van der Waals surface area contributed by atoms with Gasteiger partial charge in [-0.25, -0.2) is 4.42 Å². The highest BCUT2D eigenvalue weighted by Crippen LogP contribution is 2.10. The van der Waals surface area contributed by atoms with E-state index < -0.39 is 0 Å². The molecule has 0 unspecified atom stereocenters. The van der Waals surface area contributed by atoms with E-state index in [9.17, 15) is 0 Å². The second kappa shape index (κ2) is 3.37. The lowest BCUT2D eigenvalue weighted by Gasteiger charge is -2.25. The highest BCUT2D eigenvalue weighted by molar-refractivity contribution is 6.13. The zero-order chi connectivity index (χ0) is 6.69. The molecule has 0 amide bonds. The van der Waals surface area contributed by atoms with Gasteiger partial charge in [0.2, 0.25) is 0 Å². The molecule has 1 fully saturated rings. The van der Waals surface area contributed by atoms with E-state index in [0.717, 1.165) is 25.9 Å². The second-order valence-electron chi connectivity index (χ2n) is 2.35. The summed E-state index contributed by atoms with van der Waals surface area (Å²) in [6, 6.07) is 0.472. The molecule has 0 bridgehead atoms. The molecule has 0 aromatic rings. The van der Waals surface area contributed by atoms with Crippen molar-refractivity contribution in [1.29, 1.82) is 0 Å². The van der Waals surface area contributed by atoms with Gasteiger partial charge in [0, 0.05) is 19.1 Å². The number of hydrogen-bond acceptors (Lipinski definition) is 3. The van der Waals surface area contributed by atoms with Crippen molar-refractivity contribution < 1.29 is 0 Å². The van der Waals surface area contributed by atoms with Crippen LogP contribution in [0.5, 0.6) is 0 Å². The number of hydrogen-bond donors (Lipinski definition) is 2. The van der Waals surface area contributed by atoms with Gasteiger partial charge >= 0.3 is 0 Å². The number of nitrogens with two attached hydrogens (primary N) is 1. The van der Waals surface area contributed by atoms with Gasteiger partial charge in [0.25, 0.3) is 0 Å². The van der Waals surface area contributed by atoms with Crippen LogP contribution in [-0.2, 0) is 0 Å². The first-order chi connectivity index (χ1) is 4.33. The zero-order valence-corrected chi connectivity index (χ0v) is 6.06. The van der Waals surface area contributed by atoms with E-state index in [0.29, 0.717) is 6.04 Å². The molecule has 0 saturated carbocycles. The first kappa shape index (κ1) is 7.28. The predicted molar refractivity (Wildman–Crippen MR) is 37.8 cm³/mol. The third-order valence-corrected chi connectivity index (χ3v) is 2.01. The van der Waals surface area contributed by atoms with Crippen molar-refractivity contribution in [3.05, 3.63) is 0 Å². The Morgan fingerprint density at radius 3 is 2.44 bits per heavy atom. The van der Waals surface area contributed by atoms with Gasteiger partial charge < -0.3 is 0 Å². The lowest BCUT2D eigenvalue weighted by Crippen LogP contribution is -2.42. The van der Waals surface area contributed by atoms with Gasteiger partial charge in [-0.3, -0.25) is 11.3 Å². The van der Waals surface area contributed by atoms with Gasteiger partial charge in [-0.15, -0.1) is 0 Å². The summed E-state index contributed by atoms with van der Waals surface area (Å²) in [5.74, 6) is 5.24. The molecule has 3 N–H and O–H groups in total. The third-order valence-electron chi connectivity index (χ3n) is 1.68. The maximum absolute atomic E-state index is 5.70. The van der Waals surface area contributed by atoms with Crippen molar-refractivity contribution in [1.82, 2.24) is 9.84 Å². The fourth-order valence-electron chi connectivity index (χ4n) is 1.01. The molecule has 3 nitrogen and oxygen atoms in total. The molecule has 1 saturated heterocycles. The fourth-order valence-corrected chi connectivity index (χ4v) is 1.21. The largest absolute Gasteiger partial charge is 0.271 e. The molecule has 1 rings (SSSR count). The van der Waals surface area contributed by atoms with E-state index in [4.69, 9.17) is 17.6 Å². The Morgan fingerprint density at radius 1 is 1.44 bits per heavy atom. The maximum atomic E-state index is 5.70. The molecular formula is C5H12ClN3. The molecule has 1 aliphatic rings. The summed E-state index contributed by atoms with van der Waals surface area (Å²) >= 11 is 5.70. The summed E-state index contributed by atoms with van der Waals surface area (Å²) in [5, 5.41) is 0. The van der Waals surface area contributed by atoms with Crippen molar-refractivity contribution in [3.63, 3.8) is 0 Å². The third kappa shape index (κ3) is 2.10. The molecule has 0 radical (unpaired) electrons. The van der Waals surface area contributed by atoms with E-state index >= 15 is 0 Å². The Balaban J connectivity index is 2.18. The van der Waals surface area contributed by atoms with Crippen LogP contribution in [-0.4, -0.2) is 23.6 Å². The minimum Gasteiger partial charge on any atom is -0.271 e. The zero-order valence-electron chi connectivity index (χ0n) is 5.31. The quantitative estimate of drug-likeness (QED) is 0.315. The van der Waals surface area contributed by atoms with Crippen molar-refractivity contribution in [3.8, 4) is 0 Å². The van der Waals surface area contributed by atoms with E-state index in [1.54, 1.807) is 4.42 Å². The van der Waals surface area contributed by atoms with E-state index in [1.165, 1.54) is 0 Å². The van der Waals surface area contributed by atoms with Gasteiger partial charge in [0.1, 0.15) is 0 Å². The lowest BCUT2D eigenvalue weighted by molar-refractivity contribution is 0.302. The first-order valence-corrected chi connectivity index (χ1v) is 3.53. The van der Waals surface area contributed by atoms with Crippen LogP contribution >= 0.6 is 11.8 Å². The summed E-state index contributed by atoms with van der Waals surface area (Å²) in [7, 11) is 0. The van der Waals surface area contributed by atoms with Crippen LogP contribution in [0.2, 0.25) is 0 Å². The van der Waals surface area contributed by atoms with Gasteiger partial charge in [0.15, 0.2) is 0 Å². The Bertz CT molecular complexity index is 80.3. The molecule has 0 aliphatic carbocycles. The van der Waals surface area contributed by atoms with Gasteiger partial charge in [-0.05, 0) is 24.6 Å². The molecule has 0 spiro atoms. The fraction of sp³-hybridized carbons (Fsp3) is 1.00. The summed E-state index contributed by atoms with van der Waals surface area (Å²) in [5.41, 5.74) is 2.74. The van der Waals surface area contributed by atoms with Crippen LogP contribution in [0, 0.1) is 0 Å². The second-order valence-corrected chi connectivity index (χ2v) is 2.83. The van der Waals surface area contributed by atoms with Crippen molar-refractivity contribution in [2.45, 2.75) is 18.9 Å². The van der Waals surface area contributed by atoms with Gasteiger partial charge in [0.05, 0.1) is 0 Å². The van der Waals surface area contributed by atoms with Crippen LogP contribution in [0.25, 0.3) is 0 Å². The molecular weight excluding hydrogens is 138 g/mol. The van der Waals surface area contributed by atoms with Crippen LogP contribution in [0.4, 0.5) is 0 Å². The van der Waals surface area contributed by atoms with Crippen LogP contribution < -0.4 is 11.3 Å². The summed E-state index contributed by atoms with van der Waals surface area (Å²) < 4.78 is 1.80. The number of hydrazine groups is 1. The molecule has 4 heteroatoms. The molecule has 1 heterocycles. The van der Waals surface area contributed by atoms with Crippen molar-refractivity contribution in [2.75, 3.05) is 13.1 Å². The Kier molecular flexibility index (Phi) is 2.72. The van der Waals surface area contributed by atoms with Crippen molar-refractivity contribution in [2.24, 2.45) is 5.84 Å². The number of piperidine rings is 1. The van der Waals surface area contributed by atoms with E-state index in [2.05, 4.69) is 5.43 Å². The molecule has 0 aromatic heterocycles. The smallest absolute Gasteiger partial charge is 0.0235 e. The van der Waals surface area contributed by atoms with Crippen LogP contribution in [0.15, 0.2) is 0 Å². The number of nitrogens with zero attached hydrogens (tertiary/aromatic N) is 1. The monoisotopic (exact) mass is 149 g/mol. The maximum Gasteiger partial charge on any atom is 0.0235 e. The van der Waals surface area contributed by atoms with Gasteiger partial charge in [-0.2, -0.15) is 0 Å². The molecule has 0 atom stereocenters. The first-order valence-electron chi connectivity index (χ1n) is 3.20. The van der Waals surface area contributed by atoms with E-state index in [1.807, 2.05) is 0 Å². The average molecular weight is 150 g/mol.